The van der Waals surface area contributed by atoms with Gasteiger partial charge in [0.15, 0.2) is 5.82 Å². The molecule has 0 bridgehead atoms. The van der Waals surface area contributed by atoms with Gasteiger partial charge in [0, 0.05) is 53.0 Å². The van der Waals surface area contributed by atoms with Crippen LogP contribution in [0.15, 0.2) is 170 Å². The number of hydrogen-bond acceptors (Lipinski definition) is 4. The van der Waals surface area contributed by atoms with Gasteiger partial charge >= 0.3 is 0 Å². The summed E-state index contributed by atoms with van der Waals surface area (Å²) in [7, 11) is 0. The molecule has 52 heavy (non-hydrogen) atoms. The molecule has 4 nitrogen and oxygen atoms in total. The monoisotopic (exact) mass is 680 g/mol. The van der Waals surface area contributed by atoms with Crippen molar-refractivity contribution in [2.75, 3.05) is 0 Å². The van der Waals surface area contributed by atoms with Gasteiger partial charge in [-0.05, 0) is 52.9 Å². The van der Waals surface area contributed by atoms with E-state index in [9.17, 15) is 0 Å². The first kappa shape index (κ1) is 29.1. The van der Waals surface area contributed by atoms with Crippen LogP contribution < -0.4 is 0 Å². The molecular formula is C47H28N4S. The maximum Gasteiger partial charge on any atom is 0.161 e. The quantitative estimate of drug-likeness (QED) is 0.174. The highest BCUT2D eigenvalue weighted by Gasteiger charge is 2.16. The van der Waals surface area contributed by atoms with Crippen LogP contribution in [0.2, 0.25) is 0 Å². The van der Waals surface area contributed by atoms with Crippen molar-refractivity contribution in [2.45, 2.75) is 0 Å². The van der Waals surface area contributed by atoms with Crippen LogP contribution in [0.1, 0.15) is 0 Å². The van der Waals surface area contributed by atoms with Crippen molar-refractivity contribution in [3.63, 3.8) is 0 Å². The second kappa shape index (κ2) is 11.4. The summed E-state index contributed by atoms with van der Waals surface area (Å²) >= 11 is 1.85. The van der Waals surface area contributed by atoms with Crippen molar-refractivity contribution >= 4 is 69.6 Å². The third kappa shape index (κ3) is 4.57. The molecule has 0 aliphatic carbocycles. The van der Waals surface area contributed by atoms with E-state index in [0.717, 1.165) is 67.0 Å². The summed E-state index contributed by atoms with van der Waals surface area (Å²) in [6.07, 6.45) is 0. The summed E-state index contributed by atoms with van der Waals surface area (Å²) in [4.78, 5) is 10.3. The Kier molecular flexibility index (Phi) is 6.39. The topological polar surface area (TPSA) is 43.1 Å². The predicted molar refractivity (Wildman–Crippen MR) is 218 cm³/mol. The van der Waals surface area contributed by atoms with Crippen LogP contribution in [-0.2, 0) is 0 Å². The van der Waals surface area contributed by atoms with Crippen LogP contribution in [0.25, 0.3) is 103 Å². The van der Waals surface area contributed by atoms with Gasteiger partial charge in [-0.1, -0.05) is 133 Å². The first-order valence-corrected chi connectivity index (χ1v) is 18.3. The second-order valence-corrected chi connectivity index (χ2v) is 14.4. The number of para-hydroxylation sites is 2. The normalized spacial score (nSPS) is 11.8. The molecule has 0 saturated carbocycles. The summed E-state index contributed by atoms with van der Waals surface area (Å²) in [5.74, 6) is 0.819. The molecule has 0 radical (unpaired) electrons. The number of aromatic nitrogens is 4. The summed E-state index contributed by atoms with van der Waals surface area (Å²) in [6, 6.07) is 60.1. The Morgan fingerprint density at radius 3 is 1.77 bits per heavy atom. The Morgan fingerprint density at radius 1 is 0.385 bits per heavy atom. The predicted octanol–water partition coefficient (Wildman–Crippen LogP) is 12.6. The van der Waals surface area contributed by atoms with Gasteiger partial charge in [0.1, 0.15) is 0 Å². The maximum absolute atomic E-state index is 5.24. The Bertz CT molecular complexity index is 3160. The van der Waals surface area contributed by atoms with Gasteiger partial charge in [0.05, 0.1) is 27.9 Å². The van der Waals surface area contributed by atoms with Gasteiger partial charge in [0.2, 0.25) is 0 Å². The lowest BCUT2D eigenvalue weighted by Crippen LogP contribution is -1.99. The highest BCUT2D eigenvalue weighted by Crippen LogP contribution is 2.41. The highest BCUT2D eigenvalue weighted by molar-refractivity contribution is 7.25. The lowest BCUT2D eigenvalue weighted by molar-refractivity contribution is 0.949. The molecule has 11 aromatic rings. The molecule has 242 valence electrons. The summed E-state index contributed by atoms with van der Waals surface area (Å²) < 4.78 is 4.58. The largest absolute Gasteiger partial charge is 0.247 e. The smallest absolute Gasteiger partial charge is 0.161 e. The second-order valence-electron chi connectivity index (χ2n) is 13.3. The SMILES string of the molecule is c1ccc(-c2cc3c4ccccc4nc(-c4ccc(-c5ccc(-c6nc7ccccc7c7cc8c(cc67)sc6ccccc68)cc5)cc4)n3n2)cc1. The van der Waals surface area contributed by atoms with Crippen molar-refractivity contribution in [2.24, 2.45) is 0 Å². The first-order valence-electron chi connectivity index (χ1n) is 17.4. The van der Waals surface area contributed by atoms with Crippen LogP contribution in [0.4, 0.5) is 0 Å². The number of hydrogen-bond donors (Lipinski definition) is 0. The van der Waals surface area contributed by atoms with Crippen molar-refractivity contribution in [3.05, 3.63) is 170 Å². The van der Waals surface area contributed by atoms with E-state index in [-0.39, 0.29) is 0 Å². The Hall–Kier alpha value is -6.69. The maximum atomic E-state index is 5.24. The molecule has 0 N–H and O–H groups in total. The Balaban J connectivity index is 0.989. The number of thiophene rings is 1. The first-order chi connectivity index (χ1) is 25.7. The summed E-state index contributed by atoms with van der Waals surface area (Å²) in [6.45, 7) is 0. The minimum Gasteiger partial charge on any atom is -0.247 e. The molecule has 4 aromatic heterocycles. The van der Waals surface area contributed by atoms with Crippen LogP contribution in [0, 0.1) is 0 Å². The van der Waals surface area contributed by atoms with Gasteiger partial charge < -0.3 is 0 Å². The standard InChI is InChI=1S/C47H28N4S/c1-2-10-31(11-3-1)42-28-43-36-14-5-8-16-41(36)49-47(51(43)50-42)33-24-20-30(21-25-33)29-18-22-32(23-19-29)46-39-27-45-38(35-13-6-9-17-44(35)52-45)26-37(39)34-12-4-7-15-40(34)48-46/h1-28H. The molecule has 0 unspecified atom stereocenters. The van der Waals surface area contributed by atoms with E-state index < -0.39 is 0 Å². The average molecular weight is 681 g/mol. The van der Waals surface area contributed by atoms with Crippen molar-refractivity contribution < 1.29 is 0 Å². The minimum atomic E-state index is 0.819. The molecule has 0 spiro atoms. The molecule has 0 saturated heterocycles. The van der Waals surface area contributed by atoms with E-state index in [0.29, 0.717) is 0 Å². The fourth-order valence-electron chi connectivity index (χ4n) is 7.64. The number of fused-ring (bicyclic) bond motifs is 9. The van der Waals surface area contributed by atoms with Crippen molar-refractivity contribution in [3.8, 4) is 45.0 Å². The molecule has 4 heterocycles. The third-order valence-corrected chi connectivity index (χ3v) is 11.4. The van der Waals surface area contributed by atoms with Gasteiger partial charge in [-0.3, -0.25) is 0 Å². The van der Waals surface area contributed by atoms with Gasteiger partial charge in [-0.25, -0.2) is 14.5 Å². The molecule has 0 atom stereocenters. The zero-order valence-corrected chi connectivity index (χ0v) is 28.7. The number of rotatable bonds is 4. The summed E-state index contributed by atoms with van der Waals surface area (Å²) in [5, 5.41) is 12.3. The molecular weight excluding hydrogens is 653 g/mol. The fourth-order valence-corrected chi connectivity index (χ4v) is 8.77. The van der Waals surface area contributed by atoms with E-state index in [1.807, 2.05) is 40.1 Å². The third-order valence-electron chi connectivity index (χ3n) is 10.2. The van der Waals surface area contributed by atoms with Gasteiger partial charge in [0.25, 0.3) is 0 Å². The molecule has 0 amide bonds. The van der Waals surface area contributed by atoms with E-state index in [2.05, 4.69) is 146 Å². The van der Waals surface area contributed by atoms with Crippen LogP contribution in [0.3, 0.4) is 0 Å². The van der Waals surface area contributed by atoms with Crippen molar-refractivity contribution in [1.29, 1.82) is 0 Å². The molecule has 0 fully saturated rings. The molecule has 0 aliphatic rings. The van der Waals surface area contributed by atoms with Crippen LogP contribution >= 0.6 is 11.3 Å². The fraction of sp³-hybridized carbons (Fsp3) is 0. The van der Waals surface area contributed by atoms with Gasteiger partial charge in [-0.15, -0.1) is 11.3 Å². The van der Waals surface area contributed by atoms with Crippen LogP contribution in [-0.4, -0.2) is 19.6 Å². The minimum absolute atomic E-state index is 0.819. The van der Waals surface area contributed by atoms with E-state index in [4.69, 9.17) is 15.1 Å². The average Bonchev–Trinajstić information content (AvgIpc) is 3.83. The lowest BCUT2D eigenvalue weighted by Gasteiger charge is -2.12. The van der Waals surface area contributed by atoms with E-state index >= 15 is 0 Å². The Morgan fingerprint density at radius 2 is 1.00 bits per heavy atom. The van der Waals surface area contributed by atoms with E-state index in [1.165, 1.54) is 36.3 Å². The summed E-state index contributed by atoms with van der Waals surface area (Å²) in [5.41, 5.74) is 10.4. The zero-order valence-electron chi connectivity index (χ0n) is 27.9. The van der Waals surface area contributed by atoms with Crippen molar-refractivity contribution in [1.82, 2.24) is 19.6 Å². The molecule has 5 heteroatoms. The molecule has 0 aliphatic heterocycles. The van der Waals surface area contributed by atoms with Crippen LogP contribution in [0.5, 0.6) is 0 Å². The van der Waals surface area contributed by atoms with Gasteiger partial charge in [-0.2, -0.15) is 5.10 Å². The number of benzene rings is 7. The zero-order chi connectivity index (χ0) is 34.2. The number of nitrogens with zero attached hydrogens (tertiary/aromatic N) is 4. The molecule has 11 rings (SSSR count). The molecule has 7 aromatic carbocycles. The Labute approximate surface area is 302 Å². The number of pyridine rings is 1. The highest BCUT2D eigenvalue weighted by atomic mass is 32.1. The van der Waals surface area contributed by atoms with E-state index in [1.54, 1.807) is 0 Å². The lowest BCUT2D eigenvalue weighted by atomic mass is 9.96.